The molecule has 2 aromatic rings. The number of benzene rings is 1. The summed E-state index contributed by atoms with van der Waals surface area (Å²) in [6.45, 7) is 5.80. The maximum atomic E-state index is 6.18. The summed E-state index contributed by atoms with van der Waals surface area (Å²) in [5, 5.41) is 11.8. The lowest BCUT2D eigenvalue weighted by Gasteiger charge is -2.15. The van der Waals surface area contributed by atoms with Crippen LogP contribution in [0.3, 0.4) is 0 Å². The van der Waals surface area contributed by atoms with Crippen molar-refractivity contribution in [2.24, 2.45) is 5.16 Å². The van der Waals surface area contributed by atoms with Crippen molar-refractivity contribution in [2.45, 2.75) is 26.4 Å². The second-order valence-electron chi connectivity index (χ2n) is 5.64. The van der Waals surface area contributed by atoms with Crippen molar-refractivity contribution in [3.63, 3.8) is 0 Å². The van der Waals surface area contributed by atoms with Crippen LogP contribution in [0.25, 0.3) is 0 Å². The van der Waals surface area contributed by atoms with Crippen LogP contribution in [0.5, 0.6) is 0 Å². The summed E-state index contributed by atoms with van der Waals surface area (Å²) in [4.78, 5) is 6.01. The third-order valence-electron chi connectivity index (χ3n) is 2.56. The van der Waals surface area contributed by atoms with E-state index in [0.717, 1.165) is 16.8 Å². The van der Waals surface area contributed by atoms with Gasteiger partial charge in [0.25, 0.3) is 0 Å². The highest BCUT2D eigenvalue weighted by molar-refractivity contribution is 7.81. The molecular formula is C16H17ClN2OS2. The molecular weight excluding hydrogens is 336 g/mol. The molecule has 0 radical (unpaired) electrons. The fraction of sp³-hybridized carbons (Fsp3) is 0.250. The molecule has 0 spiro atoms. The largest absolute Gasteiger partial charge is 0.390 e. The molecule has 0 aliphatic heterocycles. The van der Waals surface area contributed by atoms with Crippen LogP contribution >= 0.6 is 35.2 Å². The minimum atomic E-state index is -0.334. The molecule has 0 atom stereocenters. The number of thiocarbonyl (C=S) groups is 1. The number of hydrogen-bond donors (Lipinski definition) is 1. The maximum Gasteiger partial charge on any atom is 0.129 e. The predicted octanol–water partition coefficient (Wildman–Crippen LogP) is 5.34. The highest BCUT2D eigenvalue weighted by atomic mass is 35.5. The molecule has 3 nitrogen and oxygen atoms in total. The smallest absolute Gasteiger partial charge is 0.129 e. The molecule has 1 N–H and O–H groups in total. The van der Waals surface area contributed by atoms with Crippen LogP contribution in [-0.2, 0) is 4.84 Å². The molecule has 0 fully saturated rings. The van der Waals surface area contributed by atoms with E-state index in [1.54, 1.807) is 23.6 Å². The minimum absolute atomic E-state index is 0.334. The Morgan fingerprint density at radius 2 is 2.14 bits per heavy atom. The van der Waals surface area contributed by atoms with Crippen molar-refractivity contribution in [1.29, 1.82) is 0 Å². The zero-order chi connectivity index (χ0) is 16.2. The number of nitrogens with zero attached hydrogens (tertiary/aromatic N) is 1. The summed E-state index contributed by atoms with van der Waals surface area (Å²) in [6, 6.07) is 7.55. The first-order chi connectivity index (χ1) is 10.3. The minimum Gasteiger partial charge on any atom is -0.390 e. The molecule has 6 heteroatoms. The third-order valence-corrected chi connectivity index (χ3v) is 3.92. The first-order valence-corrected chi connectivity index (χ1v) is 8.43. The average molecular weight is 353 g/mol. The zero-order valence-corrected chi connectivity index (χ0v) is 15.0. The van der Waals surface area contributed by atoms with Crippen LogP contribution < -0.4 is 5.32 Å². The Balaban J connectivity index is 2.11. The van der Waals surface area contributed by atoms with E-state index in [-0.39, 0.29) is 5.60 Å². The third kappa shape index (κ3) is 5.09. The first-order valence-electron chi connectivity index (χ1n) is 6.70. The van der Waals surface area contributed by atoms with E-state index in [0.29, 0.717) is 10.0 Å². The van der Waals surface area contributed by atoms with Gasteiger partial charge in [0.1, 0.15) is 10.6 Å². The van der Waals surface area contributed by atoms with Crippen LogP contribution in [0.4, 0.5) is 5.69 Å². The van der Waals surface area contributed by atoms with Gasteiger partial charge in [0.2, 0.25) is 0 Å². The Kier molecular flexibility index (Phi) is 5.56. The van der Waals surface area contributed by atoms with Crippen LogP contribution in [0.1, 0.15) is 31.9 Å². The molecule has 0 aliphatic rings. The second-order valence-corrected chi connectivity index (χ2v) is 7.24. The number of thiophene rings is 1. The standard InChI is InChI=1S/C16H17ClN2OS2/c1-16(2,3)20-18-9-12-8-13(4-5-14(12)17)19-15(21)11-6-7-22-10-11/h4-10H,1-3H3,(H,19,21)/b18-9-. The molecule has 0 bridgehead atoms. The normalized spacial score (nSPS) is 11.6. The van der Waals surface area contributed by atoms with E-state index >= 15 is 0 Å². The van der Waals surface area contributed by atoms with Gasteiger partial charge >= 0.3 is 0 Å². The molecule has 116 valence electrons. The van der Waals surface area contributed by atoms with Gasteiger partial charge in [0.05, 0.1) is 6.21 Å². The van der Waals surface area contributed by atoms with E-state index in [1.807, 2.05) is 49.7 Å². The Morgan fingerprint density at radius 3 is 2.77 bits per heavy atom. The van der Waals surface area contributed by atoms with Crippen molar-refractivity contribution in [3.05, 3.63) is 51.2 Å². The number of anilines is 1. The maximum absolute atomic E-state index is 6.18. The Bertz CT molecular complexity index is 676. The van der Waals surface area contributed by atoms with Crippen LogP contribution in [0.15, 0.2) is 40.2 Å². The van der Waals surface area contributed by atoms with E-state index in [9.17, 15) is 0 Å². The Hall–Kier alpha value is -1.43. The van der Waals surface area contributed by atoms with Crippen LogP contribution in [0, 0.1) is 0 Å². The van der Waals surface area contributed by atoms with Gasteiger partial charge in [-0.3, -0.25) is 0 Å². The number of halogens is 1. The zero-order valence-electron chi connectivity index (χ0n) is 12.6. The lowest BCUT2D eigenvalue weighted by molar-refractivity contribution is 0.00199. The fourth-order valence-electron chi connectivity index (χ4n) is 1.56. The van der Waals surface area contributed by atoms with Gasteiger partial charge in [-0.1, -0.05) is 29.0 Å². The van der Waals surface area contributed by atoms with Crippen LogP contribution in [0.2, 0.25) is 5.02 Å². The quantitative estimate of drug-likeness (QED) is 0.458. The van der Waals surface area contributed by atoms with E-state index in [2.05, 4.69) is 10.5 Å². The van der Waals surface area contributed by atoms with Crippen molar-refractivity contribution >= 4 is 52.0 Å². The van der Waals surface area contributed by atoms with E-state index in [4.69, 9.17) is 28.7 Å². The number of rotatable bonds is 4. The SMILES string of the molecule is CC(C)(C)O/N=C\c1cc(NC(=S)c2ccsc2)ccc1Cl. The molecule has 1 aromatic carbocycles. The predicted molar refractivity (Wildman–Crippen MR) is 99.5 cm³/mol. The van der Waals surface area contributed by atoms with E-state index in [1.165, 1.54) is 0 Å². The molecule has 1 aromatic heterocycles. The van der Waals surface area contributed by atoms with Crippen molar-refractivity contribution in [3.8, 4) is 0 Å². The molecule has 22 heavy (non-hydrogen) atoms. The highest BCUT2D eigenvalue weighted by Crippen LogP contribution is 2.20. The monoisotopic (exact) mass is 352 g/mol. The fourth-order valence-corrected chi connectivity index (χ4v) is 2.69. The lowest BCUT2D eigenvalue weighted by Crippen LogP contribution is -2.15. The number of hydrogen-bond acceptors (Lipinski definition) is 4. The van der Waals surface area contributed by atoms with Gasteiger partial charge in [0.15, 0.2) is 0 Å². The van der Waals surface area contributed by atoms with Crippen LogP contribution in [-0.4, -0.2) is 16.8 Å². The molecule has 0 unspecified atom stereocenters. The molecule has 0 saturated carbocycles. The molecule has 2 rings (SSSR count). The molecule has 0 saturated heterocycles. The van der Waals surface area contributed by atoms with Gasteiger partial charge in [-0.05, 0) is 50.4 Å². The summed E-state index contributed by atoms with van der Waals surface area (Å²) in [5.41, 5.74) is 2.29. The Morgan fingerprint density at radius 1 is 1.36 bits per heavy atom. The first kappa shape index (κ1) is 16.9. The molecule has 0 amide bonds. The summed E-state index contributed by atoms with van der Waals surface area (Å²) in [7, 11) is 0. The van der Waals surface area contributed by atoms with Gasteiger partial charge in [-0.25, -0.2) is 0 Å². The van der Waals surface area contributed by atoms with Crippen molar-refractivity contribution in [1.82, 2.24) is 0 Å². The van der Waals surface area contributed by atoms with Gasteiger partial charge in [-0.15, -0.1) is 0 Å². The van der Waals surface area contributed by atoms with E-state index < -0.39 is 0 Å². The number of oxime groups is 1. The summed E-state index contributed by atoms with van der Waals surface area (Å²) < 4.78 is 0. The van der Waals surface area contributed by atoms with Gasteiger partial charge in [-0.2, -0.15) is 11.3 Å². The lowest BCUT2D eigenvalue weighted by atomic mass is 10.2. The summed E-state index contributed by atoms with van der Waals surface area (Å²) >= 11 is 13.2. The van der Waals surface area contributed by atoms with Crippen molar-refractivity contribution in [2.75, 3.05) is 5.32 Å². The summed E-state index contributed by atoms with van der Waals surface area (Å²) in [6.07, 6.45) is 1.60. The molecule has 1 heterocycles. The van der Waals surface area contributed by atoms with Crippen molar-refractivity contribution < 1.29 is 4.84 Å². The van der Waals surface area contributed by atoms with Gasteiger partial charge < -0.3 is 10.2 Å². The topological polar surface area (TPSA) is 33.6 Å². The second kappa shape index (κ2) is 7.22. The van der Waals surface area contributed by atoms with Gasteiger partial charge in [0, 0.05) is 27.2 Å². The average Bonchev–Trinajstić information content (AvgIpc) is 2.95. The number of nitrogens with one attached hydrogen (secondary N) is 1. The Labute approximate surface area is 144 Å². The highest BCUT2D eigenvalue weighted by Gasteiger charge is 2.10. The molecule has 0 aliphatic carbocycles. The summed E-state index contributed by atoms with van der Waals surface area (Å²) in [5.74, 6) is 0.